The van der Waals surface area contributed by atoms with E-state index in [0.29, 0.717) is 21.2 Å². The topological polar surface area (TPSA) is 64.3 Å². The summed E-state index contributed by atoms with van der Waals surface area (Å²) in [5.74, 6) is -0.534. The molecule has 0 fully saturated rings. The highest BCUT2D eigenvalue weighted by Gasteiger charge is 2.27. The van der Waals surface area contributed by atoms with E-state index >= 15 is 0 Å². The molecule has 1 aromatic rings. The van der Waals surface area contributed by atoms with E-state index in [1.54, 1.807) is 17.4 Å². The molecule has 20 heavy (non-hydrogen) atoms. The first-order chi connectivity index (χ1) is 9.23. The van der Waals surface area contributed by atoms with Crippen LogP contribution in [0.4, 0.5) is 13.2 Å². The fourth-order valence-electron chi connectivity index (χ4n) is 1.26. The van der Waals surface area contributed by atoms with Crippen molar-refractivity contribution in [3.05, 3.63) is 26.6 Å². The summed E-state index contributed by atoms with van der Waals surface area (Å²) >= 11 is 6.47. The lowest BCUT2D eigenvalue weighted by Crippen LogP contribution is -2.36. The molecule has 9 heteroatoms. The van der Waals surface area contributed by atoms with Crippen LogP contribution in [0.2, 0.25) is 0 Å². The number of alkyl halides is 3. The Labute approximate surface area is 130 Å². The number of hydrogen-bond donors (Lipinski definition) is 2. The molecule has 0 bridgehead atoms. The molecule has 0 aliphatic rings. The van der Waals surface area contributed by atoms with Crippen molar-refractivity contribution in [1.29, 1.82) is 0 Å². The number of nitrogens with one attached hydrogen (secondary N) is 1. The highest BCUT2D eigenvalue weighted by atomic mass is 79.9. The third-order valence-corrected chi connectivity index (χ3v) is 3.31. The first kappa shape index (κ1) is 17.3. The minimum atomic E-state index is -4.44. The van der Waals surface area contributed by atoms with Gasteiger partial charge in [0.1, 0.15) is 12.3 Å². The van der Waals surface area contributed by atoms with Gasteiger partial charge in [-0.2, -0.15) is 13.2 Å². The monoisotopic (exact) mass is 418 g/mol. The maximum atomic E-state index is 11.9. The van der Waals surface area contributed by atoms with Gasteiger partial charge in [0.15, 0.2) is 6.61 Å². The van der Waals surface area contributed by atoms with Crippen molar-refractivity contribution in [2.45, 2.75) is 12.7 Å². The molecule has 1 aromatic carbocycles. The maximum Gasteiger partial charge on any atom is 0.405 e. The molecule has 112 valence electrons. The second kappa shape index (κ2) is 7.28. The van der Waals surface area contributed by atoms with E-state index in [4.69, 9.17) is 10.5 Å². The molecule has 1 rings (SSSR count). The Hall–Kier alpha value is -0.800. The largest absolute Gasteiger partial charge is 0.481 e. The van der Waals surface area contributed by atoms with Gasteiger partial charge >= 0.3 is 6.18 Å². The Morgan fingerprint density at radius 3 is 2.30 bits per heavy atom. The fourth-order valence-corrected chi connectivity index (χ4v) is 2.77. The number of rotatable bonds is 5. The molecule has 0 radical (unpaired) electrons. The molecule has 3 N–H and O–H groups in total. The highest BCUT2D eigenvalue weighted by Crippen LogP contribution is 2.34. The van der Waals surface area contributed by atoms with Gasteiger partial charge in [-0.05, 0) is 49.6 Å². The Kier molecular flexibility index (Phi) is 6.28. The Morgan fingerprint density at radius 1 is 1.30 bits per heavy atom. The number of halogens is 5. The van der Waals surface area contributed by atoms with Gasteiger partial charge in [-0.15, -0.1) is 0 Å². The van der Waals surface area contributed by atoms with Crippen molar-refractivity contribution in [3.8, 4) is 5.75 Å². The number of benzene rings is 1. The molecule has 0 spiro atoms. The number of carbonyl (C=O) groups excluding carboxylic acids is 1. The molecule has 4 nitrogen and oxygen atoms in total. The van der Waals surface area contributed by atoms with Crippen LogP contribution >= 0.6 is 31.9 Å². The average molecular weight is 420 g/mol. The molecule has 0 atom stereocenters. The van der Waals surface area contributed by atoms with E-state index in [1.165, 1.54) is 0 Å². The normalized spacial score (nSPS) is 11.3. The number of ether oxygens (including phenoxy) is 1. The second-order valence-electron chi connectivity index (χ2n) is 3.77. The third kappa shape index (κ3) is 5.68. The number of nitrogens with two attached hydrogens (primary N) is 1. The third-order valence-electron chi connectivity index (χ3n) is 2.13. The summed E-state index contributed by atoms with van der Waals surface area (Å²) in [6.07, 6.45) is -4.44. The molecule has 0 unspecified atom stereocenters. The summed E-state index contributed by atoms with van der Waals surface area (Å²) in [7, 11) is 0. The smallest absolute Gasteiger partial charge is 0.405 e. The van der Waals surface area contributed by atoms with Crippen LogP contribution < -0.4 is 15.8 Å². The molecule has 0 saturated heterocycles. The van der Waals surface area contributed by atoms with Crippen molar-refractivity contribution in [2.24, 2.45) is 5.73 Å². The summed E-state index contributed by atoms with van der Waals surface area (Å²) in [6, 6.07) is 3.40. The van der Waals surface area contributed by atoms with Crippen LogP contribution in [0.25, 0.3) is 0 Å². The zero-order valence-corrected chi connectivity index (χ0v) is 13.2. The Morgan fingerprint density at radius 2 is 1.85 bits per heavy atom. The van der Waals surface area contributed by atoms with Gasteiger partial charge in [0, 0.05) is 6.54 Å². The van der Waals surface area contributed by atoms with E-state index in [1.807, 2.05) is 0 Å². The van der Waals surface area contributed by atoms with Crippen LogP contribution in [0.1, 0.15) is 5.56 Å². The number of amides is 1. The van der Waals surface area contributed by atoms with E-state index < -0.39 is 25.2 Å². The molecule has 1 amide bonds. The van der Waals surface area contributed by atoms with Crippen molar-refractivity contribution in [3.63, 3.8) is 0 Å². The highest BCUT2D eigenvalue weighted by molar-refractivity contribution is 9.11. The van der Waals surface area contributed by atoms with Crippen molar-refractivity contribution in [1.82, 2.24) is 5.32 Å². The first-order valence-corrected chi connectivity index (χ1v) is 6.95. The minimum Gasteiger partial charge on any atom is -0.481 e. The van der Waals surface area contributed by atoms with Gasteiger partial charge in [-0.25, -0.2) is 0 Å². The summed E-state index contributed by atoms with van der Waals surface area (Å²) in [6.45, 7) is -1.58. The molecular formula is C11H11Br2F3N2O2. The zero-order valence-electron chi connectivity index (χ0n) is 10.1. The molecule has 0 aliphatic carbocycles. The average Bonchev–Trinajstić information content (AvgIpc) is 2.34. The lowest BCUT2D eigenvalue weighted by molar-refractivity contribution is -0.139. The fraction of sp³-hybridized carbons (Fsp3) is 0.364. The van der Waals surface area contributed by atoms with E-state index in [0.717, 1.165) is 5.56 Å². The van der Waals surface area contributed by atoms with E-state index in [2.05, 4.69) is 31.9 Å². The van der Waals surface area contributed by atoms with Gasteiger partial charge in [0.25, 0.3) is 5.91 Å². The van der Waals surface area contributed by atoms with Gasteiger partial charge in [0.05, 0.1) is 8.95 Å². The number of carbonyl (C=O) groups is 1. The zero-order chi connectivity index (χ0) is 15.3. The van der Waals surface area contributed by atoms with Gasteiger partial charge < -0.3 is 15.8 Å². The van der Waals surface area contributed by atoms with Crippen LogP contribution in [-0.2, 0) is 11.3 Å². The summed E-state index contributed by atoms with van der Waals surface area (Å²) in [4.78, 5) is 11.2. The SMILES string of the molecule is NCc1cc(Br)c(OCC(=O)NCC(F)(F)F)c(Br)c1. The first-order valence-electron chi connectivity index (χ1n) is 5.37. The van der Waals surface area contributed by atoms with Crippen LogP contribution in [0.3, 0.4) is 0 Å². The van der Waals surface area contributed by atoms with Crippen molar-refractivity contribution < 1.29 is 22.7 Å². The van der Waals surface area contributed by atoms with Crippen LogP contribution in [0, 0.1) is 0 Å². The van der Waals surface area contributed by atoms with Crippen LogP contribution in [0.15, 0.2) is 21.1 Å². The summed E-state index contributed by atoms with van der Waals surface area (Å²) < 4.78 is 42.0. The van der Waals surface area contributed by atoms with Gasteiger partial charge in [-0.3, -0.25) is 4.79 Å². The van der Waals surface area contributed by atoms with Crippen molar-refractivity contribution >= 4 is 37.8 Å². The molecule has 0 saturated carbocycles. The van der Waals surface area contributed by atoms with Gasteiger partial charge in [0.2, 0.25) is 0 Å². The lowest BCUT2D eigenvalue weighted by Gasteiger charge is -2.12. The van der Waals surface area contributed by atoms with E-state index in [-0.39, 0.29) is 0 Å². The van der Waals surface area contributed by atoms with Crippen LogP contribution in [0.5, 0.6) is 5.75 Å². The number of hydrogen-bond acceptors (Lipinski definition) is 3. The molecule has 0 heterocycles. The molecular weight excluding hydrogens is 409 g/mol. The second-order valence-corrected chi connectivity index (χ2v) is 5.48. The van der Waals surface area contributed by atoms with Crippen molar-refractivity contribution in [2.75, 3.05) is 13.2 Å². The molecule has 0 aliphatic heterocycles. The minimum absolute atomic E-state index is 0.323. The Bertz CT molecular complexity index is 472. The van der Waals surface area contributed by atoms with E-state index in [9.17, 15) is 18.0 Å². The Balaban J connectivity index is 2.60. The van der Waals surface area contributed by atoms with Gasteiger partial charge in [-0.1, -0.05) is 0 Å². The lowest BCUT2D eigenvalue weighted by atomic mass is 10.2. The predicted octanol–water partition coefficient (Wildman–Crippen LogP) is 2.73. The van der Waals surface area contributed by atoms with Crippen LogP contribution in [-0.4, -0.2) is 25.2 Å². The standard InChI is InChI=1S/C11H11Br2F3N2O2/c12-7-1-6(3-17)2-8(13)10(7)20-4-9(19)18-5-11(14,15)16/h1-2H,3-5,17H2,(H,18,19). The predicted molar refractivity (Wildman–Crippen MR) is 74.3 cm³/mol. The molecule has 0 aromatic heterocycles. The maximum absolute atomic E-state index is 11.9. The quantitative estimate of drug-likeness (QED) is 0.771. The summed E-state index contributed by atoms with van der Waals surface area (Å²) in [5.41, 5.74) is 6.32. The summed E-state index contributed by atoms with van der Waals surface area (Å²) in [5, 5.41) is 1.71.